The Morgan fingerprint density at radius 3 is 2.59 bits per heavy atom. The van der Waals surface area contributed by atoms with Crippen LogP contribution in [0.15, 0.2) is 54.6 Å². The number of aliphatic carboxylic acids is 1. The number of nitrogens with zero attached hydrogens (tertiary/aromatic N) is 1. The second-order valence-corrected chi connectivity index (χ2v) is 7.85. The first-order valence-electron chi connectivity index (χ1n) is 9.21. The van der Waals surface area contributed by atoms with Crippen molar-refractivity contribution in [3.63, 3.8) is 0 Å². The minimum atomic E-state index is -1.08. The molecule has 1 N–H and O–H groups in total. The summed E-state index contributed by atoms with van der Waals surface area (Å²) in [4.78, 5) is 25.8. The first kappa shape index (κ1) is 21.4. The van der Waals surface area contributed by atoms with Gasteiger partial charge in [0, 0.05) is 39.7 Å². The van der Waals surface area contributed by atoms with Crippen LogP contribution in [0.4, 0.5) is 5.69 Å². The predicted octanol–water partition coefficient (Wildman–Crippen LogP) is 5.25. The Kier molecular flexibility index (Phi) is 6.63. The molecule has 2 aromatic carbocycles. The van der Waals surface area contributed by atoms with E-state index in [0.717, 1.165) is 11.6 Å². The molecule has 0 bridgehead atoms. The summed E-state index contributed by atoms with van der Waals surface area (Å²) in [5, 5.41) is 9.91. The zero-order valence-electron chi connectivity index (χ0n) is 16.0. The lowest BCUT2D eigenvalue weighted by Gasteiger charge is -2.28. The van der Waals surface area contributed by atoms with Crippen LogP contribution in [0.25, 0.3) is 0 Å². The van der Waals surface area contributed by atoms with E-state index in [4.69, 9.17) is 33.0 Å². The Balaban J connectivity index is 2.16. The minimum Gasteiger partial charge on any atom is -0.478 e. The Hall–Kier alpha value is -2.34. The van der Waals surface area contributed by atoms with E-state index >= 15 is 0 Å². The fourth-order valence-electron chi connectivity index (χ4n) is 3.43. The summed E-state index contributed by atoms with van der Waals surface area (Å²) in [5.74, 6) is -1.32. The fourth-order valence-corrected chi connectivity index (χ4v) is 3.85. The number of halogens is 2. The summed E-state index contributed by atoms with van der Waals surface area (Å²) in [5.41, 5.74) is 2.14. The third-order valence-corrected chi connectivity index (χ3v) is 5.24. The molecule has 0 aromatic heterocycles. The summed E-state index contributed by atoms with van der Waals surface area (Å²) < 4.78 is 6.26. The predicted molar refractivity (Wildman–Crippen MR) is 114 cm³/mol. The van der Waals surface area contributed by atoms with Crippen LogP contribution < -0.4 is 4.90 Å². The molecule has 152 valence electrons. The Bertz CT molecular complexity index is 958. The van der Waals surface area contributed by atoms with Crippen molar-refractivity contribution in [3.05, 3.63) is 75.8 Å². The third-order valence-electron chi connectivity index (χ3n) is 4.66. The second kappa shape index (κ2) is 8.99. The van der Waals surface area contributed by atoms with Crippen molar-refractivity contribution in [2.45, 2.75) is 38.5 Å². The van der Waals surface area contributed by atoms with Crippen LogP contribution in [0.3, 0.4) is 0 Å². The topological polar surface area (TPSA) is 66.8 Å². The number of fused-ring (bicyclic) bond motifs is 1. The number of hydrogen-bond donors (Lipinski definition) is 1. The maximum atomic E-state index is 13.3. The maximum Gasteiger partial charge on any atom is 0.327 e. The highest BCUT2D eigenvalue weighted by molar-refractivity contribution is 6.31. The number of benzene rings is 2. The zero-order chi connectivity index (χ0) is 21.1. The molecule has 0 saturated heterocycles. The van der Waals surface area contributed by atoms with Gasteiger partial charge in [-0.15, -0.1) is 0 Å². The first-order valence-corrected chi connectivity index (χ1v) is 9.97. The first-order chi connectivity index (χ1) is 13.8. The van der Waals surface area contributed by atoms with Crippen LogP contribution in [0.5, 0.6) is 0 Å². The third kappa shape index (κ3) is 4.64. The van der Waals surface area contributed by atoms with E-state index in [-0.39, 0.29) is 18.4 Å². The number of amides is 1. The molecule has 1 aliphatic heterocycles. The van der Waals surface area contributed by atoms with Crippen LogP contribution >= 0.6 is 23.2 Å². The van der Waals surface area contributed by atoms with Gasteiger partial charge in [0.25, 0.3) is 5.91 Å². The van der Waals surface area contributed by atoms with Gasteiger partial charge in [-0.1, -0.05) is 47.5 Å². The quantitative estimate of drug-likeness (QED) is 0.653. The average Bonchev–Trinajstić information content (AvgIpc) is 2.77. The number of carbonyl (C=O) groups excluding carboxylic acids is 1. The van der Waals surface area contributed by atoms with Crippen molar-refractivity contribution in [2.75, 3.05) is 4.90 Å². The molecule has 0 spiro atoms. The van der Waals surface area contributed by atoms with Gasteiger partial charge in [0.2, 0.25) is 0 Å². The lowest BCUT2D eigenvalue weighted by molar-refractivity contribution is -0.133. The van der Waals surface area contributed by atoms with Gasteiger partial charge in [-0.2, -0.15) is 0 Å². The molecule has 29 heavy (non-hydrogen) atoms. The highest BCUT2D eigenvalue weighted by atomic mass is 35.5. The molecule has 1 aliphatic rings. The van der Waals surface area contributed by atoms with Crippen molar-refractivity contribution >= 4 is 40.8 Å². The summed E-state index contributed by atoms with van der Waals surface area (Å²) in [6, 6.07) is 12.5. The standard InChI is InChI=1S/C22H21Cl2NO4/c1-13(2)25-18-11-10-14(23)12-16(18)21(15-6-3-4-7-17(15)24)29-19(22(25)28)8-5-9-20(26)27/h3-7,9-13,19,21H,8H2,1-2H3,(H,26,27)/t19-,21-/m1/s1. The van der Waals surface area contributed by atoms with E-state index in [1.54, 1.807) is 29.2 Å². The number of rotatable bonds is 5. The fraction of sp³-hybridized carbons (Fsp3) is 0.273. The number of carboxylic acids is 1. The van der Waals surface area contributed by atoms with Gasteiger partial charge >= 0.3 is 5.97 Å². The molecule has 2 aromatic rings. The molecule has 0 aliphatic carbocycles. The number of hydrogen-bond acceptors (Lipinski definition) is 3. The molecule has 1 heterocycles. The Morgan fingerprint density at radius 1 is 1.21 bits per heavy atom. The summed E-state index contributed by atoms with van der Waals surface area (Å²) in [6.07, 6.45) is 1.05. The van der Waals surface area contributed by atoms with Crippen LogP contribution in [0, 0.1) is 0 Å². The maximum absolute atomic E-state index is 13.3. The smallest absolute Gasteiger partial charge is 0.327 e. The molecule has 1 amide bonds. The molecule has 0 unspecified atom stereocenters. The van der Waals surface area contributed by atoms with Crippen molar-refractivity contribution < 1.29 is 19.4 Å². The molecule has 0 saturated carbocycles. The average molecular weight is 434 g/mol. The molecule has 7 heteroatoms. The second-order valence-electron chi connectivity index (χ2n) is 7.01. The number of carbonyl (C=O) groups is 2. The summed E-state index contributed by atoms with van der Waals surface area (Å²) in [7, 11) is 0. The Morgan fingerprint density at radius 2 is 1.93 bits per heavy atom. The normalized spacial score (nSPS) is 19.5. The van der Waals surface area contributed by atoms with Crippen LogP contribution in [0.2, 0.25) is 10.0 Å². The molecular formula is C22H21Cl2NO4. The number of anilines is 1. The highest BCUT2D eigenvalue weighted by Gasteiger charge is 2.37. The van der Waals surface area contributed by atoms with E-state index in [2.05, 4.69) is 0 Å². The summed E-state index contributed by atoms with van der Waals surface area (Å²) >= 11 is 12.7. The van der Waals surface area contributed by atoms with Gasteiger partial charge in [-0.3, -0.25) is 4.79 Å². The lowest BCUT2D eigenvalue weighted by atomic mass is 9.99. The highest BCUT2D eigenvalue weighted by Crippen LogP contribution is 2.42. The van der Waals surface area contributed by atoms with Gasteiger partial charge in [0.15, 0.2) is 0 Å². The lowest BCUT2D eigenvalue weighted by Crippen LogP contribution is -2.43. The van der Waals surface area contributed by atoms with Gasteiger partial charge in [0.05, 0.1) is 5.69 Å². The minimum absolute atomic E-state index is 0.122. The van der Waals surface area contributed by atoms with E-state index < -0.39 is 18.2 Å². The van der Waals surface area contributed by atoms with Crippen molar-refractivity contribution in [2.24, 2.45) is 0 Å². The summed E-state index contributed by atoms with van der Waals surface area (Å²) in [6.45, 7) is 3.83. The largest absolute Gasteiger partial charge is 0.478 e. The SMILES string of the molecule is CC(C)N1C(=O)[C@@H](CC=CC(=O)O)O[C@H](c2ccccc2Cl)c2cc(Cl)ccc21. The molecule has 2 atom stereocenters. The Labute approximate surface area is 179 Å². The van der Waals surface area contributed by atoms with Crippen LogP contribution in [-0.2, 0) is 14.3 Å². The monoisotopic (exact) mass is 433 g/mol. The number of carboxylic acid groups (broad SMARTS) is 1. The zero-order valence-corrected chi connectivity index (χ0v) is 17.5. The molecular weight excluding hydrogens is 413 g/mol. The van der Waals surface area contributed by atoms with Crippen LogP contribution in [-0.4, -0.2) is 29.1 Å². The van der Waals surface area contributed by atoms with Gasteiger partial charge in [-0.25, -0.2) is 4.79 Å². The van der Waals surface area contributed by atoms with Crippen molar-refractivity contribution in [1.82, 2.24) is 0 Å². The molecule has 0 radical (unpaired) electrons. The molecule has 3 rings (SSSR count). The molecule has 0 fully saturated rings. The van der Waals surface area contributed by atoms with E-state index in [9.17, 15) is 9.59 Å². The van der Waals surface area contributed by atoms with Gasteiger partial charge in [0.1, 0.15) is 12.2 Å². The van der Waals surface area contributed by atoms with Crippen molar-refractivity contribution in [1.29, 1.82) is 0 Å². The van der Waals surface area contributed by atoms with Crippen LogP contribution in [0.1, 0.15) is 37.5 Å². The van der Waals surface area contributed by atoms with E-state index in [1.165, 1.54) is 6.08 Å². The van der Waals surface area contributed by atoms with Gasteiger partial charge < -0.3 is 14.7 Å². The number of ether oxygens (including phenoxy) is 1. The van der Waals surface area contributed by atoms with Crippen molar-refractivity contribution in [3.8, 4) is 0 Å². The van der Waals surface area contributed by atoms with E-state index in [0.29, 0.717) is 21.3 Å². The van der Waals surface area contributed by atoms with E-state index in [1.807, 2.05) is 32.0 Å². The van der Waals surface area contributed by atoms with Gasteiger partial charge in [-0.05, 0) is 38.1 Å². The molecule has 5 nitrogen and oxygen atoms in total.